The second kappa shape index (κ2) is 5.74. The van der Waals surface area contributed by atoms with Gasteiger partial charge in [-0.05, 0) is 31.4 Å². The molecule has 0 radical (unpaired) electrons. The van der Waals surface area contributed by atoms with Crippen molar-refractivity contribution in [3.63, 3.8) is 0 Å². The fourth-order valence-corrected chi connectivity index (χ4v) is 3.07. The lowest BCUT2D eigenvalue weighted by Crippen LogP contribution is -2.29. The Morgan fingerprint density at radius 1 is 1.11 bits per heavy atom. The maximum Gasteiger partial charge on any atom is 0.232 e. The smallest absolute Gasteiger partial charge is 0.232 e. The van der Waals surface area contributed by atoms with Crippen LogP contribution in [0.25, 0.3) is 0 Å². The number of para-hydroxylation sites is 1. The van der Waals surface area contributed by atoms with Crippen LogP contribution in [0.1, 0.15) is 32.1 Å². The Labute approximate surface area is 114 Å². The Hall–Kier alpha value is -1.35. The van der Waals surface area contributed by atoms with Crippen LogP contribution < -0.4 is 4.90 Å². The van der Waals surface area contributed by atoms with Crippen molar-refractivity contribution in [1.29, 1.82) is 0 Å². The minimum Gasteiger partial charge on any atom is -0.377 e. The van der Waals surface area contributed by atoms with E-state index in [-0.39, 0.29) is 11.8 Å². The Kier molecular flexibility index (Phi) is 3.83. The molecule has 2 aliphatic rings. The van der Waals surface area contributed by atoms with Crippen molar-refractivity contribution in [2.45, 2.75) is 38.2 Å². The molecule has 3 rings (SSSR count). The van der Waals surface area contributed by atoms with E-state index >= 15 is 0 Å². The molecule has 1 saturated carbocycles. The quantitative estimate of drug-likeness (QED) is 0.832. The molecule has 1 saturated heterocycles. The van der Waals surface area contributed by atoms with Gasteiger partial charge in [0.2, 0.25) is 5.91 Å². The molecule has 1 heterocycles. The van der Waals surface area contributed by atoms with Crippen LogP contribution in [0.2, 0.25) is 0 Å². The van der Waals surface area contributed by atoms with Crippen molar-refractivity contribution in [2.24, 2.45) is 5.92 Å². The monoisotopic (exact) mass is 259 g/mol. The molecule has 3 nitrogen and oxygen atoms in total. The average molecular weight is 259 g/mol. The van der Waals surface area contributed by atoms with E-state index in [1.54, 1.807) is 0 Å². The Morgan fingerprint density at radius 2 is 1.84 bits per heavy atom. The Morgan fingerprint density at radius 3 is 2.58 bits per heavy atom. The minimum atomic E-state index is 0.0563. The lowest BCUT2D eigenvalue weighted by Gasteiger charge is -2.18. The van der Waals surface area contributed by atoms with Gasteiger partial charge in [0.1, 0.15) is 0 Å². The molecule has 1 aromatic carbocycles. The van der Waals surface area contributed by atoms with Crippen molar-refractivity contribution in [1.82, 2.24) is 0 Å². The summed E-state index contributed by atoms with van der Waals surface area (Å²) < 4.78 is 5.89. The molecule has 19 heavy (non-hydrogen) atoms. The minimum absolute atomic E-state index is 0.0563. The van der Waals surface area contributed by atoms with Gasteiger partial charge < -0.3 is 9.64 Å². The summed E-state index contributed by atoms with van der Waals surface area (Å²) in [6.07, 6.45) is 6.21. The first-order valence-electron chi connectivity index (χ1n) is 7.32. The maximum absolute atomic E-state index is 12.4. The van der Waals surface area contributed by atoms with E-state index in [0.717, 1.165) is 18.7 Å². The molecule has 3 heteroatoms. The van der Waals surface area contributed by atoms with Crippen molar-refractivity contribution < 1.29 is 9.53 Å². The van der Waals surface area contributed by atoms with E-state index in [1.165, 1.54) is 25.7 Å². The van der Waals surface area contributed by atoms with Crippen LogP contribution in [0.15, 0.2) is 30.3 Å². The molecule has 1 aliphatic heterocycles. The van der Waals surface area contributed by atoms with Gasteiger partial charge >= 0.3 is 0 Å². The number of hydrogen-bond acceptors (Lipinski definition) is 2. The zero-order valence-electron chi connectivity index (χ0n) is 11.3. The summed E-state index contributed by atoms with van der Waals surface area (Å²) in [5.41, 5.74) is 1.01. The number of benzene rings is 1. The number of amides is 1. The third-order valence-corrected chi connectivity index (χ3v) is 4.22. The highest BCUT2D eigenvalue weighted by atomic mass is 16.5. The number of carbonyl (C=O) groups excluding carboxylic acids is 1. The lowest BCUT2D eigenvalue weighted by molar-refractivity contribution is -0.122. The van der Waals surface area contributed by atoms with Crippen LogP contribution in [0, 0.1) is 5.92 Å². The molecule has 1 amide bonds. The SMILES string of the molecule is O=C1C(COC2CCCC2)CCN1c1ccccc1. The van der Waals surface area contributed by atoms with Gasteiger partial charge in [0.05, 0.1) is 18.6 Å². The molecule has 2 fully saturated rings. The molecule has 1 aliphatic carbocycles. The fourth-order valence-electron chi connectivity index (χ4n) is 3.07. The highest BCUT2D eigenvalue weighted by Gasteiger charge is 2.33. The van der Waals surface area contributed by atoms with Crippen molar-refractivity contribution in [3.05, 3.63) is 30.3 Å². The van der Waals surface area contributed by atoms with Crippen LogP contribution in [-0.2, 0) is 9.53 Å². The van der Waals surface area contributed by atoms with Crippen LogP contribution in [0.3, 0.4) is 0 Å². The summed E-state index contributed by atoms with van der Waals surface area (Å²) in [5, 5.41) is 0. The Balaban J connectivity index is 1.56. The number of anilines is 1. The zero-order chi connectivity index (χ0) is 13.1. The summed E-state index contributed by atoms with van der Waals surface area (Å²) >= 11 is 0. The molecule has 0 N–H and O–H groups in total. The molecule has 1 aromatic rings. The summed E-state index contributed by atoms with van der Waals surface area (Å²) in [6, 6.07) is 9.93. The first-order chi connectivity index (χ1) is 9.34. The van der Waals surface area contributed by atoms with Crippen molar-refractivity contribution in [3.8, 4) is 0 Å². The standard InChI is InChI=1S/C16H21NO2/c18-16-13(12-19-15-8-4-5-9-15)10-11-17(16)14-6-2-1-3-7-14/h1-3,6-7,13,15H,4-5,8-12H2. The van der Waals surface area contributed by atoms with Gasteiger partial charge in [-0.15, -0.1) is 0 Å². The van der Waals surface area contributed by atoms with E-state index in [2.05, 4.69) is 0 Å². The summed E-state index contributed by atoms with van der Waals surface area (Å²) in [5.74, 6) is 0.282. The van der Waals surface area contributed by atoms with Crippen LogP contribution in [0.5, 0.6) is 0 Å². The van der Waals surface area contributed by atoms with Gasteiger partial charge in [-0.2, -0.15) is 0 Å². The molecular weight excluding hydrogens is 238 g/mol. The van der Waals surface area contributed by atoms with Crippen LogP contribution >= 0.6 is 0 Å². The van der Waals surface area contributed by atoms with Gasteiger partial charge in [0.25, 0.3) is 0 Å². The number of nitrogens with zero attached hydrogens (tertiary/aromatic N) is 1. The van der Waals surface area contributed by atoms with Gasteiger partial charge in [0, 0.05) is 12.2 Å². The van der Waals surface area contributed by atoms with E-state index in [0.29, 0.717) is 12.7 Å². The normalized spacial score (nSPS) is 24.3. The lowest BCUT2D eigenvalue weighted by atomic mass is 10.1. The second-order valence-corrected chi connectivity index (χ2v) is 5.55. The molecule has 1 atom stereocenters. The van der Waals surface area contributed by atoms with Gasteiger partial charge in [-0.25, -0.2) is 0 Å². The third-order valence-electron chi connectivity index (χ3n) is 4.22. The summed E-state index contributed by atoms with van der Waals surface area (Å²) in [7, 11) is 0. The molecule has 0 bridgehead atoms. The van der Waals surface area contributed by atoms with E-state index < -0.39 is 0 Å². The third kappa shape index (κ3) is 2.81. The largest absolute Gasteiger partial charge is 0.377 e. The van der Waals surface area contributed by atoms with Gasteiger partial charge in [-0.3, -0.25) is 4.79 Å². The first-order valence-corrected chi connectivity index (χ1v) is 7.32. The van der Waals surface area contributed by atoms with Crippen molar-refractivity contribution in [2.75, 3.05) is 18.1 Å². The maximum atomic E-state index is 12.4. The molecule has 102 valence electrons. The molecule has 0 aromatic heterocycles. The molecule has 1 unspecified atom stereocenters. The number of rotatable bonds is 4. The number of carbonyl (C=O) groups is 1. The van der Waals surface area contributed by atoms with Gasteiger partial charge in [0.15, 0.2) is 0 Å². The predicted molar refractivity (Wildman–Crippen MR) is 75.1 cm³/mol. The average Bonchev–Trinajstić information content (AvgIpc) is 3.07. The fraction of sp³-hybridized carbons (Fsp3) is 0.562. The second-order valence-electron chi connectivity index (χ2n) is 5.55. The van der Waals surface area contributed by atoms with E-state index in [9.17, 15) is 4.79 Å². The highest BCUT2D eigenvalue weighted by Crippen LogP contribution is 2.27. The first kappa shape index (κ1) is 12.7. The number of ether oxygens (including phenoxy) is 1. The zero-order valence-corrected chi connectivity index (χ0v) is 11.3. The Bertz CT molecular complexity index is 426. The number of hydrogen-bond donors (Lipinski definition) is 0. The summed E-state index contributed by atoms with van der Waals surface area (Å²) in [6.45, 7) is 1.42. The van der Waals surface area contributed by atoms with Crippen molar-refractivity contribution >= 4 is 11.6 Å². The van der Waals surface area contributed by atoms with Crippen LogP contribution in [-0.4, -0.2) is 25.2 Å². The van der Waals surface area contributed by atoms with Crippen LogP contribution in [0.4, 0.5) is 5.69 Å². The molecule has 0 spiro atoms. The topological polar surface area (TPSA) is 29.5 Å². The van der Waals surface area contributed by atoms with E-state index in [4.69, 9.17) is 4.74 Å². The highest BCUT2D eigenvalue weighted by molar-refractivity contribution is 5.97. The van der Waals surface area contributed by atoms with Gasteiger partial charge in [-0.1, -0.05) is 31.0 Å². The van der Waals surface area contributed by atoms with E-state index in [1.807, 2.05) is 35.2 Å². The summed E-state index contributed by atoms with van der Waals surface area (Å²) in [4.78, 5) is 14.2. The molecular formula is C16H21NO2. The predicted octanol–water partition coefficient (Wildman–Crippen LogP) is 3.00.